The largest absolute Gasteiger partial charge is 0.481 e. The molecule has 2 aromatic rings. The quantitative estimate of drug-likeness (QED) is 0.939. The van der Waals surface area contributed by atoms with Crippen molar-refractivity contribution in [3.05, 3.63) is 51.8 Å². The average Bonchev–Trinajstić information content (AvgIpc) is 2.64. The molecule has 4 nitrogen and oxygen atoms in total. The van der Waals surface area contributed by atoms with Crippen molar-refractivity contribution in [3.63, 3.8) is 0 Å². The smallest absolute Gasteiger partial charge is 0.307 e. The van der Waals surface area contributed by atoms with Gasteiger partial charge in [0.05, 0.1) is 19.2 Å². The maximum Gasteiger partial charge on any atom is 0.307 e. The summed E-state index contributed by atoms with van der Waals surface area (Å²) in [6.45, 7) is 0.415. The highest BCUT2D eigenvalue weighted by molar-refractivity contribution is 6.31. The summed E-state index contributed by atoms with van der Waals surface area (Å²) in [5.41, 5.74) is 1.38. The number of hydrogen-bond donors (Lipinski definition) is 1. The first-order valence-corrected chi connectivity index (χ1v) is 5.99. The summed E-state index contributed by atoms with van der Waals surface area (Å²) in [6, 6.07) is 7.37. The van der Waals surface area contributed by atoms with Gasteiger partial charge in [0.2, 0.25) is 0 Å². The summed E-state index contributed by atoms with van der Waals surface area (Å²) >= 11 is 12.1. The molecule has 0 fully saturated rings. The van der Waals surface area contributed by atoms with Gasteiger partial charge in [-0.2, -0.15) is 5.10 Å². The Morgan fingerprint density at radius 3 is 2.67 bits per heavy atom. The van der Waals surface area contributed by atoms with Gasteiger partial charge in [-0.25, -0.2) is 4.68 Å². The zero-order valence-corrected chi connectivity index (χ0v) is 10.8. The first kappa shape index (κ1) is 12.9. The van der Waals surface area contributed by atoms with E-state index in [9.17, 15) is 4.79 Å². The van der Waals surface area contributed by atoms with Gasteiger partial charge >= 0.3 is 5.97 Å². The van der Waals surface area contributed by atoms with Crippen molar-refractivity contribution in [1.29, 1.82) is 0 Å². The number of aromatic nitrogens is 2. The van der Waals surface area contributed by atoms with Gasteiger partial charge in [0.15, 0.2) is 0 Å². The van der Waals surface area contributed by atoms with Crippen molar-refractivity contribution in [2.24, 2.45) is 0 Å². The summed E-state index contributed by atoms with van der Waals surface area (Å²) < 4.78 is 1.53. The molecular weight excluding hydrogens is 275 g/mol. The van der Waals surface area contributed by atoms with Crippen molar-refractivity contribution >= 4 is 29.2 Å². The fraction of sp³-hybridized carbons (Fsp3) is 0.167. The number of halogens is 2. The van der Waals surface area contributed by atoms with Crippen molar-refractivity contribution < 1.29 is 9.90 Å². The maximum absolute atomic E-state index is 10.6. The van der Waals surface area contributed by atoms with Crippen LogP contribution in [-0.4, -0.2) is 20.9 Å². The zero-order valence-electron chi connectivity index (χ0n) is 9.31. The molecule has 0 aliphatic carbocycles. The highest BCUT2D eigenvalue weighted by Crippen LogP contribution is 2.21. The van der Waals surface area contributed by atoms with Crippen LogP contribution >= 0.6 is 23.2 Å². The number of carboxylic acid groups (broad SMARTS) is 1. The molecule has 0 saturated heterocycles. The van der Waals surface area contributed by atoms with E-state index < -0.39 is 5.97 Å². The molecule has 0 radical (unpaired) electrons. The first-order chi connectivity index (χ1) is 8.58. The molecule has 18 heavy (non-hydrogen) atoms. The van der Waals surface area contributed by atoms with Crippen molar-refractivity contribution in [3.8, 4) is 0 Å². The fourth-order valence-corrected chi connectivity index (χ4v) is 2.00. The zero-order chi connectivity index (χ0) is 13.1. The Balaban J connectivity index is 2.23. The van der Waals surface area contributed by atoms with E-state index in [1.807, 2.05) is 18.2 Å². The molecule has 0 saturated carbocycles. The molecule has 1 aromatic carbocycles. The van der Waals surface area contributed by atoms with E-state index in [-0.39, 0.29) is 6.42 Å². The lowest BCUT2D eigenvalue weighted by atomic mass is 10.2. The van der Waals surface area contributed by atoms with E-state index in [0.717, 1.165) is 5.56 Å². The van der Waals surface area contributed by atoms with Gasteiger partial charge in [0.1, 0.15) is 5.15 Å². The van der Waals surface area contributed by atoms with Crippen LogP contribution in [0.4, 0.5) is 0 Å². The van der Waals surface area contributed by atoms with Crippen LogP contribution in [0.1, 0.15) is 11.1 Å². The van der Waals surface area contributed by atoms with Gasteiger partial charge in [-0.05, 0) is 11.6 Å². The maximum atomic E-state index is 10.6. The van der Waals surface area contributed by atoms with Crippen LogP contribution in [0.2, 0.25) is 10.2 Å². The van der Waals surface area contributed by atoms with Gasteiger partial charge in [-0.1, -0.05) is 41.4 Å². The van der Waals surface area contributed by atoms with Crippen LogP contribution in [0, 0.1) is 0 Å². The van der Waals surface area contributed by atoms with Crippen LogP contribution in [0.25, 0.3) is 0 Å². The molecule has 0 amide bonds. The Labute approximate surface area is 114 Å². The van der Waals surface area contributed by atoms with Gasteiger partial charge < -0.3 is 5.11 Å². The molecule has 94 valence electrons. The normalized spacial score (nSPS) is 10.6. The molecule has 0 bridgehead atoms. The molecule has 0 atom stereocenters. The molecular formula is C12H10Cl2N2O2. The lowest BCUT2D eigenvalue weighted by Crippen LogP contribution is -2.04. The van der Waals surface area contributed by atoms with Crippen LogP contribution in [-0.2, 0) is 17.8 Å². The third-order valence-corrected chi connectivity index (χ3v) is 3.27. The number of aliphatic carboxylic acids is 1. The summed E-state index contributed by atoms with van der Waals surface area (Å²) in [6.07, 6.45) is 1.33. The SMILES string of the molecule is O=C(O)Cc1cnn(Cc2ccccc2Cl)c1Cl. The predicted molar refractivity (Wildman–Crippen MR) is 69.1 cm³/mol. The summed E-state index contributed by atoms with van der Waals surface area (Å²) in [5.74, 6) is -0.936. The second-order valence-corrected chi connectivity index (χ2v) is 4.55. The lowest BCUT2D eigenvalue weighted by molar-refractivity contribution is -0.136. The van der Waals surface area contributed by atoms with Crippen molar-refractivity contribution in [1.82, 2.24) is 9.78 Å². The number of hydrogen-bond acceptors (Lipinski definition) is 2. The molecule has 6 heteroatoms. The average molecular weight is 285 g/mol. The third-order valence-electron chi connectivity index (χ3n) is 2.46. The number of carboxylic acids is 1. The Morgan fingerprint density at radius 1 is 1.28 bits per heavy atom. The standard InChI is InChI=1S/C12H10Cl2N2O2/c13-10-4-2-1-3-8(10)7-16-12(14)9(6-15-16)5-11(17)18/h1-4,6H,5,7H2,(H,17,18). The summed E-state index contributed by atoms with van der Waals surface area (Å²) in [7, 11) is 0. The monoisotopic (exact) mass is 284 g/mol. The van der Waals surface area contributed by atoms with E-state index in [4.69, 9.17) is 28.3 Å². The van der Waals surface area contributed by atoms with Crippen molar-refractivity contribution in [2.45, 2.75) is 13.0 Å². The fourth-order valence-electron chi connectivity index (χ4n) is 1.59. The van der Waals surface area contributed by atoms with Crippen LogP contribution < -0.4 is 0 Å². The van der Waals surface area contributed by atoms with E-state index in [0.29, 0.717) is 22.3 Å². The second-order valence-electron chi connectivity index (χ2n) is 3.78. The van der Waals surface area contributed by atoms with Crippen LogP contribution in [0.3, 0.4) is 0 Å². The lowest BCUT2D eigenvalue weighted by Gasteiger charge is -2.05. The first-order valence-electron chi connectivity index (χ1n) is 5.23. The summed E-state index contributed by atoms with van der Waals surface area (Å²) in [4.78, 5) is 10.6. The van der Waals surface area contributed by atoms with Gasteiger partial charge in [-0.3, -0.25) is 4.79 Å². The Hall–Kier alpha value is -1.52. The van der Waals surface area contributed by atoms with E-state index >= 15 is 0 Å². The Kier molecular flexibility index (Phi) is 3.89. The van der Waals surface area contributed by atoms with Crippen molar-refractivity contribution in [2.75, 3.05) is 0 Å². The number of benzene rings is 1. The van der Waals surface area contributed by atoms with Crippen LogP contribution in [0.5, 0.6) is 0 Å². The Morgan fingerprint density at radius 2 is 2.00 bits per heavy atom. The van der Waals surface area contributed by atoms with Crippen LogP contribution in [0.15, 0.2) is 30.5 Å². The minimum atomic E-state index is -0.936. The van der Waals surface area contributed by atoms with Gasteiger partial charge in [0.25, 0.3) is 0 Å². The van der Waals surface area contributed by atoms with E-state index in [2.05, 4.69) is 5.10 Å². The molecule has 1 aromatic heterocycles. The number of nitrogens with zero attached hydrogens (tertiary/aromatic N) is 2. The third kappa shape index (κ3) is 2.83. The minimum Gasteiger partial charge on any atom is -0.481 e. The highest BCUT2D eigenvalue weighted by Gasteiger charge is 2.12. The number of carbonyl (C=O) groups is 1. The second kappa shape index (κ2) is 5.42. The summed E-state index contributed by atoms with van der Waals surface area (Å²) in [5, 5.41) is 13.7. The van der Waals surface area contributed by atoms with Gasteiger partial charge in [-0.15, -0.1) is 0 Å². The van der Waals surface area contributed by atoms with E-state index in [1.54, 1.807) is 6.07 Å². The topological polar surface area (TPSA) is 55.1 Å². The molecule has 0 aliphatic heterocycles. The number of rotatable bonds is 4. The molecule has 0 spiro atoms. The molecule has 0 aliphatic rings. The Bertz CT molecular complexity index is 581. The molecule has 0 unspecified atom stereocenters. The predicted octanol–water partition coefficient (Wildman–Crippen LogP) is 2.87. The van der Waals surface area contributed by atoms with E-state index in [1.165, 1.54) is 10.9 Å². The molecule has 1 N–H and O–H groups in total. The van der Waals surface area contributed by atoms with Gasteiger partial charge in [0, 0.05) is 10.6 Å². The highest BCUT2D eigenvalue weighted by atomic mass is 35.5. The molecule has 2 rings (SSSR count). The molecule has 1 heterocycles. The minimum absolute atomic E-state index is 0.138.